The minimum Gasteiger partial charge on any atom is -0.306 e. The second-order valence-electron chi connectivity index (χ2n) is 14.3. The lowest BCUT2D eigenvalue weighted by Crippen LogP contribution is -2.20. The summed E-state index contributed by atoms with van der Waals surface area (Å²) in [5.74, 6) is 0. The molecule has 44 heavy (non-hydrogen) atoms. The quantitative estimate of drug-likeness (QED) is 0.0493. The van der Waals surface area contributed by atoms with Crippen LogP contribution in [-0.2, 0) is 0 Å². The first-order valence-electron chi connectivity index (χ1n) is 20.8. The van der Waals surface area contributed by atoms with Crippen LogP contribution in [0.2, 0.25) is 0 Å². The number of rotatable bonds is 38. The molecule has 0 spiro atoms. The zero-order valence-electron chi connectivity index (χ0n) is 31.2. The van der Waals surface area contributed by atoms with Crippen LogP contribution in [0.25, 0.3) is 0 Å². The summed E-state index contributed by atoms with van der Waals surface area (Å²) in [6.45, 7) is 7.20. The van der Waals surface area contributed by atoms with Crippen LogP contribution >= 0.6 is 0 Å². The Bertz CT molecular complexity index is 501. The van der Waals surface area contributed by atoms with Crippen molar-refractivity contribution in [1.82, 2.24) is 4.90 Å². The third-order valence-corrected chi connectivity index (χ3v) is 9.60. The van der Waals surface area contributed by atoms with Crippen LogP contribution in [0.4, 0.5) is 0 Å². The van der Waals surface area contributed by atoms with Gasteiger partial charge in [-0.1, -0.05) is 192 Å². The van der Waals surface area contributed by atoms with E-state index < -0.39 is 0 Å². The van der Waals surface area contributed by atoms with E-state index in [2.05, 4.69) is 50.1 Å². The van der Waals surface area contributed by atoms with Gasteiger partial charge in [0.2, 0.25) is 0 Å². The van der Waals surface area contributed by atoms with Gasteiger partial charge >= 0.3 is 0 Å². The van der Waals surface area contributed by atoms with E-state index in [0.717, 1.165) is 0 Å². The second kappa shape index (κ2) is 40.5. The lowest BCUT2D eigenvalue weighted by atomic mass is 10.1. The van der Waals surface area contributed by atoms with Gasteiger partial charge in [0.1, 0.15) is 0 Å². The molecule has 0 aliphatic carbocycles. The summed E-state index contributed by atoms with van der Waals surface area (Å²) in [5.41, 5.74) is 0. The summed E-state index contributed by atoms with van der Waals surface area (Å²) in [7, 11) is 2.34. The third-order valence-electron chi connectivity index (χ3n) is 9.60. The van der Waals surface area contributed by atoms with Gasteiger partial charge in [-0.2, -0.15) is 0 Å². The molecule has 0 heterocycles. The highest BCUT2D eigenvalue weighted by Crippen LogP contribution is 2.14. The van der Waals surface area contributed by atoms with E-state index in [1.807, 2.05) is 0 Å². The molecule has 0 rings (SSSR count). The summed E-state index contributed by atoms with van der Waals surface area (Å²) < 4.78 is 0. The van der Waals surface area contributed by atoms with E-state index in [1.54, 1.807) is 0 Å². The molecule has 0 radical (unpaired) electrons. The van der Waals surface area contributed by atoms with Crippen LogP contribution in [0, 0.1) is 0 Å². The zero-order valence-corrected chi connectivity index (χ0v) is 31.2. The predicted octanol–water partition coefficient (Wildman–Crippen LogP) is 15.3. The Hall–Kier alpha value is -0.560. The molecule has 0 saturated carbocycles. The fourth-order valence-corrected chi connectivity index (χ4v) is 6.43. The van der Waals surface area contributed by atoms with Gasteiger partial charge in [0.15, 0.2) is 0 Å². The first kappa shape index (κ1) is 43.4. The lowest BCUT2D eigenvalue weighted by Gasteiger charge is -2.16. The predicted molar refractivity (Wildman–Crippen MR) is 204 cm³/mol. The second-order valence-corrected chi connectivity index (χ2v) is 14.3. The Morgan fingerprint density at radius 3 is 0.727 bits per heavy atom. The molecule has 0 aliphatic heterocycles. The molecule has 0 amide bonds. The Labute approximate surface area is 280 Å². The van der Waals surface area contributed by atoms with Crippen molar-refractivity contribution in [2.45, 2.75) is 232 Å². The molecule has 0 aliphatic rings. The van der Waals surface area contributed by atoms with Gasteiger partial charge in [-0.25, -0.2) is 0 Å². The molecule has 0 unspecified atom stereocenters. The minimum absolute atomic E-state index is 1.30. The minimum atomic E-state index is 1.30. The van der Waals surface area contributed by atoms with Crippen molar-refractivity contribution in [3.63, 3.8) is 0 Å². The van der Waals surface area contributed by atoms with Crippen LogP contribution in [0.1, 0.15) is 232 Å². The van der Waals surface area contributed by atoms with Gasteiger partial charge in [-0.15, -0.1) is 0 Å². The van der Waals surface area contributed by atoms with Crippen molar-refractivity contribution in [3.05, 3.63) is 24.3 Å². The van der Waals surface area contributed by atoms with E-state index >= 15 is 0 Å². The van der Waals surface area contributed by atoms with Gasteiger partial charge in [-0.05, 0) is 84.3 Å². The summed E-state index contributed by atoms with van der Waals surface area (Å²) in [5, 5.41) is 0. The molecule has 0 fully saturated rings. The van der Waals surface area contributed by atoms with Crippen LogP contribution < -0.4 is 0 Å². The maximum atomic E-state index is 2.58. The summed E-state index contributed by atoms with van der Waals surface area (Å²) >= 11 is 0. The number of unbranched alkanes of at least 4 members (excludes halogenated alkanes) is 30. The summed E-state index contributed by atoms with van der Waals surface area (Å²) in [6.07, 6.45) is 57.9. The van der Waals surface area contributed by atoms with Crippen LogP contribution in [0.3, 0.4) is 0 Å². The van der Waals surface area contributed by atoms with Gasteiger partial charge in [0, 0.05) is 0 Å². The maximum Gasteiger partial charge on any atom is -0.00218 e. The SMILES string of the molecule is CCCCCCCCCCC/C=C\CCCCCCCCN(C)CCCCCCCC/C=C\CCCCCCCCCCC. The molecule has 0 aromatic rings. The van der Waals surface area contributed by atoms with Gasteiger partial charge in [0.25, 0.3) is 0 Å². The average molecular weight is 616 g/mol. The number of hydrogen-bond donors (Lipinski definition) is 0. The molecule has 0 N–H and O–H groups in total. The molecule has 0 saturated heterocycles. The highest BCUT2D eigenvalue weighted by Gasteiger charge is 1.99. The van der Waals surface area contributed by atoms with E-state index in [1.165, 1.54) is 231 Å². The highest BCUT2D eigenvalue weighted by molar-refractivity contribution is 4.82. The Morgan fingerprint density at radius 1 is 0.273 bits per heavy atom. The smallest absolute Gasteiger partial charge is 0.00218 e. The van der Waals surface area contributed by atoms with Crippen molar-refractivity contribution in [2.75, 3.05) is 20.1 Å². The molecular formula is C43H85N. The largest absolute Gasteiger partial charge is 0.306 e. The number of nitrogens with zero attached hydrogens (tertiary/aromatic N) is 1. The first-order valence-corrected chi connectivity index (χ1v) is 20.8. The van der Waals surface area contributed by atoms with Gasteiger partial charge in [0.05, 0.1) is 0 Å². The molecule has 262 valence electrons. The van der Waals surface area contributed by atoms with Crippen molar-refractivity contribution >= 4 is 0 Å². The van der Waals surface area contributed by atoms with E-state index in [9.17, 15) is 0 Å². The third kappa shape index (κ3) is 39.5. The molecule has 1 nitrogen and oxygen atoms in total. The van der Waals surface area contributed by atoms with Crippen molar-refractivity contribution < 1.29 is 0 Å². The van der Waals surface area contributed by atoms with Crippen LogP contribution in [0.5, 0.6) is 0 Å². The normalized spacial score (nSPS) is 12.1. The van der Waals surface area contributed by atoms with Crippen LogP contribution in [-0.4, -0.2) is 25.0 Å². The topological polar surface area (TPSA) is 3.24 Å². The highest BCUT2D eigenvalue weighted by atomic mass is 15.1. The lowest BCUT2D eigenvalue weighted by molar-refractivity contribution is 0.314. The zero-order chi connectivity index (χ0) is 31.9. The number of hydrogen-bond acceptors (Lipinski definition) is 1. The Morgan fingerprint density at radius 2 is 0.477 bits per heavy atom. The van der Waals surface area contributed by atoms with Gasteiger partial charge in [-0.3, -0.25) is 0 Å². The monoisotopic (exact) mass is 616 g/mol. The summed E-state index contributed by atoms with van der Waals surface area (Å²) in [4.78, 5) is 2.58. The summed E-state index contributed by atoms with van der Waals surface area (Å²) in [6, 6.07) is 0. The Kier molecular flexibility index (Phi) is 39.9. The molecule has 1 heteroatoms. The molecule has 0 atom stereocenters. The molecular weight excluding hydrogens is 530 g/mol. The van der Waals surface area contributed by atoms with Crippen LogP contribution in [0.15, 0.2) is 24.3 Å². The standard InChI is InChI=1S/C43H85N/c1-4-6-8-10-12-14-16-18-20-22-24-26-28-30-32-34-36-38-40-42-44(3)43-41-39-37-35-33-31-29-27-25-23-21-19-17-15-13-11-9-7-5-2/h24-27H,4-23,28-43H2,1-3H3/b26-24-,27-25-. The molecule has 0 bridgehead atoms. The Balaban J connectivity index is 3.22. The van der Waals surface area contributed by atoms with Crippen molar-refractivity contribution in [1.29, 1.82) is 0 Å². The van der Waals surface area contributed by atoms with E-state index in [0.29, 0.717) is 0 Å². The van der Waals surface area contributed by atoms with Crippen molar-refractivity contribution in [2.24, 2.45) is 0 Å². The van der Waals surface area contributed by atoms with Gasteiger partial charge < -0.3 is 4.90 Å². The fourth-order valence-electron chi connectivity index (χ4n) is 6.43. The maximum absolute atomic E-state index is 2.58. The van der Waals surface area contributed by atoms with E-state index in [4.69, 9.17) is 0 Å². The average Bonchev–Trinajstić information content (AvgIpc) is 3.03. The fraction of sp³-hybridized carbons (Fsp3) is 0.907. The first-order chi connectivity index (χ1) is 21.8. The molecule has 0 aromatic carbocycles. The molecule has 0 aromatic heterocycles. The number of allylic oxidation sites excluding steroid dienone is 4. The van der Waals surface area contributed by atoms with E-state index in [-0.39, 0.29) is 0 Å². The van der Waals surface area contributed by atoms with Crippen molar-refractivity contribution in [3.8, 4) is 0 Å².